The van der Waals surface area contributed by atoms with Gasteiger partial charge in [0.05, 0.1) is 24.9 Å². The smallest absolute Gasteiger partial charge is 0.333 e. The number of carbonyl (C=O) groups is 2. The molecule has 3 atom stereocenters. The Kier molecular flexibility index (Phi) is 8.28. The zero-order valence-electron chi connectivity index (χ0n) is 17.4. The first-order valence-corrected chi connectivity index (χ1v) is 9.65. The molecule has 0 aliphatic heterocycles. The Morgan fingerprint density at radius 2 is 1.85 bits per heavy atom. The second-order valence-corrected chi connectivity index (χ2v) is 7.87. The van der Waals surface area contributed by atoms with Gasteiger partial charge in [-0.15, -0.1) is 0 Å². The van der Waals surface area contributed by atoms with Crippen LogP contribution >= 0.6 is 0 Å². The van der Waals surface area contributed by atoms with Gasteiger partial charge in [0.15, 0.2) is 0 Å². The summed E-state index contributed by atoms with van der Waals surface area (Å²) >= 11 is 0. The molecule has 0 heterocycles. The summed E-state index contributed by atoms with van der Waals surface area (Å²) in [5, 5.41) is 0. The molecule has 6 nitrogen and oxygen atoms in total. The second kappa shape index (κ2) is 9.51. The molecule has 0 spiro atoms. The van der Waals surface area contributed by atoms with Gasteiger partial charge in [0, 0.05) is 24.1 Å². The van der Waals surface area contributed by atoms with Crippen LogP contribution in [-0.2, 0) is 19.1 Å². The van der Waals surface area contributed by atoms with Crippen LogP contribution in [0.4, 0.5) is 0 Å². The van der Waals surface area contributed by atoms with Crippen LogP contribution in [0.15, 0.2) is 11.6 Å². The van der Waals surface area contributed by atoms with Gasteiger partial charge in [-0.2, -0.15) is 0 Å². The van der Waals surface area contributed by atoms with E-state index in [1.165, 1.54) is 0 Å². The topological polar surface area (TPSA) is 81.9 Å². The molecule has 1 aliphatic rings. The predicted molar refractivity (Wildman–Crippen MR) is 103 cm³/mol. The molecular weight excluding hydrogens is 332 g/mol. The predicted octanol–water partition coefficient (Wildman–Crippen LogP) is 2.80. The van der Waals surface area contributed by atoms with E-state index in [4.69, 9.17) is 15.2 Å². The van der Waals surface area contributed by atoms with Crippen molar-refractivity contribution in [2.75, 3.05) is 6.61 Å². The molecule has 26 heavy (non-hydrogen) atoms. The highest BCUT2D eigenvalue weighted by molar-refractivity contribution is 5.89. The van der Waals surface area contributed by atoms with Crippen molar-refractivity contribution in [2.24, 2.45) is 5.73 Å². The van der Waals surface area contributed by atoms with E-state index in [1.807, 2.05) is 26.8 Å². The summed E-state index contributed by atoms with van der Waals surface area (Å²) in [5.41, 5.74) is 6.59. The summed E-state index contributed by atoms with van der Waals surface area (Å²) in [7, 11) is 0. The fraction of sp³-hybridized carbons (Fsp3) is 0.800. The van der Waals surface area contributed by atoms with E-state index in [1.54, 1.807) is 18.7 Å². The highest BCUT2D eigenvalue weighted by atomic mass is 16.5. The Morgan fingerprint density at radius 1 is 1.27 bits per heavy atom. The van der Waals surface area contributed by atoms with Gasteiger partial charge in [-0.25, -0.2) is 4.79 Å². The Hall–Kier alpha value is -1.40. The SMILES string of the molecule is CCOC(=O)C1=C[C@@H](OC(CC)CC)[C@@H](N(C(C)=O)C(C)(C)C)[C@@H](N)C1. The van der Waals surface area contributed by atoms with Crippen LogP contribution in [0.25, 0.3) is 0 Å². The van der Waals surface area contributed by atoms with Gasteiger partial charge in [0.2, 0.25) is 5.91 Å². The van der Waals surface area contributed by atoms with Crippen molar-refractivity contribution in [2.45, 2.75) is 97.6 Å². The van der Waals surface area contributed by atoms with Gasteiger partial charge in [-0.3, -0.25) is 4.79 Å². The summed E-state index contributed by atoms with van der Waals surface area (Å²) in [6, 6.07) is -0.729. The number of esters is 1. The van der Waals surface area contributed by atoms with Crippen LogP contribution in [-0.4, -0.2) is 53.2 Å². The van der Waals surface area contributed by atoms with E-state index >= 15 is 0 Å². The average Bonchev–Trinajstić information content (AvgIpc) is 2.53. The first-order chi connectivity index (χ1) is 12.1. The van der Waals surface area contributed by atoms with Gasteiger partial charge < -0.3 is 20.1 Å². The van der Waals surface area contributed by atoms with Crippen LogP contribution < -0.4 is 5.73 Å². The van der Waals surface area contributed by atoms with Crippen molar-refractivity contribution in [3.8, 4) is 0 Å². The van der Waals surface area contributed by atoms with Crippen molar-refractivity contribution in [1.82, 2.24) is 4.90 Å². The Balaban J connectivity index is 3.32. The van der Waals surface area contributed by atoms with Crippen LogP contribution in [0.3, 0.4) is 0 Å². The lowest BCUT2D eigenvalue weighted by Crippen LogP contribution is -2.63. The second-order valence-electron chi connectivity index (χ2n) is 7.87. The third-order valence-electron chi connectivity index (χ3n) is 4.75. The summed E-state index contributed by atoms with van der Waals surface area (Å²) in [5.74, 6) is -0.409. The monoisotopic (exact) mass is 368 g/mol. The van der Waals surface area contributed by atoms with Crippen molar-refractivity contribution >= 4 is 11.9 Å². The number of nitrogens with two attached hydrogens (primary N) is 1. The van der Waals surface area contributed by atoms with Crippen molar-refractivity contribution in [3.05, 3.63) is 11.6 Å². The van der Waals surface area contributed by atoms with Crippen LogP contribution in [0.5, 0.6) is 0 Å². The zero-order valence-corrected chi connectivity index (χ0v) is 17.4. The lowest BCUT2D eigenvalue weighted by Gasteiger charge is -2.48. The third kappa shape index (κ3) is 5.55. The molecule has 0 radical (unpaired) electrons. The molecule has 1 rings (SSSR count). The van der Waals surface area contributed by atoms with Crippen molar-refractivity contribution < 1.29 is 19.1 Å². The highest BCUT2D eigenvalue weighted by Crippen LogP contribution is 2.31. The van der Waals surface area contributed by atoms with E-state index < -0.39 is 17.7 Å². The van der Waals surface area contributed by atoms with Gasteiger partial charge >= 0.3 is 5.97 Å². The molecule has 0 saturated carbocycles. The van der Waals surface area contributed by atoms with Gasteiger partial charge in [-0.05, 0) is 53.0 Å². The Bertz CT molecular complexity index is 520. The summed E-state index contributed by atoms with van der Waals surface area (Å²) < 4.78 is 11.4. The molecule has 0 fully saturated rings. The molecule has 2 N–H and O–H groups in total. The molecule has 0 aromatic heterocycles. The summed E-state index contributed by atoms with van der Waals surface area (Å²) in [6.07, 6.45) is 3.49. The number of ether oxygens (including phenoxy) is 2. The molecule has 0 aromatic carbocycles. The molecule has 1 amide bonds. The maximum atomic E-state index is 12.4. The van der Waals surface area contributed by atoms with Gasteiger partial charge in [0.1, 0.15) is 0 Å². The minimum Gasteiger partial charge on any atom is -0.463 e. The fourth-order valence-corrected chi connectivity index (χ4v) is 3.65. The standard InChI is InChI=1S/C20H36N2O4/c1-8-15(9-2)26-17-12-14(19(24)25-10-3)11-16(21)18(17)22(13(4)23)20(5,6)7/h12,15-18H,8-11,21H2,1-7H3/t16-,17+,18-/m0/s1. The molecule has 0 aromatic rings. The quantitative estimate of drug-likeness (QED) is 0.699. The first kappa shape index (κ1) is 22.6. The zero-order chi connectivity index (χ0) is 20.1. The van der Waals surface area contributed by atoms with E-state index in [-0.39, 0.29) is 24.0 Å². The maximum Gasteiger partial charge on any atom is 0.333 e. The minimum absolute atomic E-state index is 0.0428. The van der Waals surface area contributed by atoms with Gasteiger partial charge in [0.25, 0.3) is 0 Å². The van der Waals surface area contributed by atoms with E-state index in [2.05, 4.69) is 13.8 Å². The summed E-state index contributed by atoms with van der Waals surface area (Å²) in [6.45, 7) is 13.7. The molecule has 6 heteroatoms. The lowest BCUT2D eigenvalue weighted by atomic mass is 9.85. The number of rotatable bonds is 7. The largest absolute Gasteiger partial charge is 0.463 e. The van der Waals surface area contributed by atoms with Crippen LogP contribution in [0.2, 0.25) is 0 Å². The van der Waals surface area contributed by atoms with E-state index in [0.717, 1.165) is 12.8 Å². The van der Waals surface area contributed by atoms with Gasteiger partial charge in [-0.1, -0.05) is 13.8 Å². The van der Waals surface area contributed by atoms with Crippen LogP contribution in [0, 0.1) is 0 Å². The van der Waals surface area contributed by atoms with E-state index in [9.17, 15) is 9.59 Å². The van der Waals surface area contributed by atoms with Crippen molar-refractivity contribution in [1.29, 1.82) is 0 Å². The normalized spacial score (nSPS) is 23.6. The number of amides is 1. The molecular formula is C20H36N2O4. The molecule has 1 aliphatic carbocycles. The van der Waals surface area contributed by atoms with Crippen LogP contribution in [0.1, 0.15) is 67.7 Å². The molecule has 0 bridgehead atoms. The number of nitrogens with zero attached hydrogens (tertiary/aromatic N) is 1. The Morgan fingerprint density at radius 3 is 2.27 bits per heavy atom. The highest BCUT2D eigenvalue weighted by Gasteiger charge is 2.43. The number of hydrogen-bond acceptors (Lipinski definition) is 5. The molecule has 0 saturated heterocycles. The maximum absolute atomic E-state index is 12.4. The number of carbonyl (C=O) groups excluding carboxylic acids is 2. The average molecular weight is 369 g/mol. The molecule has 0 unspecified atom stereocenters. The summed E-state index contributed by atoms with van der Waals surface area (Å²) in [4.78, 5) is 26.5. The number of hydrogen-bond donors (Lipinski definition) is 1. The lowest BCUT2D eigenvalue weighted by molar-refractivity contribution is -0.145. The molecule has 150 valence electrons. The van der Waals surface area contributed by atoms with Crippen molar-refractivity contribution in [3.63, 3.8) is 0 Å². The first-order valence-electron chi connectivity index (χ1n) is 9.65. The van der Waals surface area contributed by atoms with E-state index in [0.29, 0.717) is 18.6 Å². The minimum atomic E-state index is -0.439. The fourth-order valence-electron chi connectivity index (χ4n) is 3.65. The third-order valence-corrected chi connectivity index (χ3v) is 4.75. The Labute approximate surface area is 158 Å².